The lowest BCUT2D eigenvalue weighted by atomic mass is 10.2. The van der Waals surface area contributed by atoms with Gasteiger partial charge in [0, 0.05) is 10.7 Å². The van der Waals surface area contributed by atoms with Crippen LogP contribution in [0.15, 0.2) is 36.4 Å². The molecule has 0 heterocycles. The second kappa shape index (κ2) is 6.53. The molecular formula is C15H11ClF2N2O2. The zero-order valence-electron chi connectivity index (χ0n) is 11.4. The van der Waals surface area contributed by atoms with E-state index in [0.717, 1.165) is 23.8 Å². The van der Waals surface area contributed by atoms with Crippen LogP contribution in [0.4, 0.5) is 20.2 Å². The van der Waals surface area contributed by atoms with Gasteiger partial charge in [-0.25, -0.2) is 8.78 Å². The Bertz CT molecular complexity index is 730. The Labute approximate surface area is 130 Å². The van der Waals surface area contributed by atoms with Crippen molar-refractivity contribution in [2.24, 2.45) is 0 Å². The number of hydrogen-bond donors (Lipinski definition) is 2. The summed E-state index contributed by atoms with van der Waals surface area (Å²) in [4.78, 5) is 23.4. The van der Waals surface area contributed by atoms with Crippen LogP contribution in [0.5, 0.6) is 0 Å². The number of carbonyl (C=O) groups is 2. The summed E-state index contributed by atoms with van der Waals surface area (Å²) in [5.74, 6) is -4.21. The Morgan fingerprint density at radius 2 is 1.59 bits per heavy atom. The van der Waals surface area contributed by atoms with Crippen LogP contribution in [0, 0.1) is 18.6 Å². The van der Waals surface area contributed by atoms with Crippen molar-refractivity contribution in [3.63, 3.8) is 0 Å². The largest absolute Gasteiger partial charge is 0.318 e. The third-order valence-electron chi connectivity index (χ3n) is 2.84. The van der Waals surface area contributed by atoms with Gasteiger partial charge in [0.1, 0.15) is 17.3 Å². The number of anilines is 2. The fourth-order valence-electron chi connectivity index (χ4n) is 1.65. The van der Waals surface area contributed by atoms with Gasteiger partial charge in [0.25, 0.3) is 0 Å². The minimum atomic E-state index is -1.19. The van der Waals surface area contributed by atoms with E-state index in [9.17, 15) is 18.4 Å². The van der Waals surface area contributed by atoms with Crippen molar-refractivity contribution < 1.29 is 18.4 Å². The van der Waals surface area contributed by atoms with E-state index in [1.54, 1.807) is 19.1 Å². The fraction of sp³-hybridized carbons (Fsp3) is 0.0667. The number of hydrogen-bond acceptors (Lipinski definition) is 2. The minimum Gasteiger partial charge on any atom is -0.318 e. The molecule has 4 nitrogen and oxygen atoms in total. The van der Waals surface area contributed by atoms with Gasteiger partial charge in [0.05, 0.1) is 0 Å². The SMILES string of the molecule is Cc1ccc(NC(=O)C(=O)Nc2c(F)cccc2F)cc1Cl. The molecule has 0 atom stereocenters. The first kappa shape index (κ1) is 15.9. The Hall–Kier alpha value is -2.47. The van der Waals surface area contributed by atoms with Crippen molar-refractivity contribution in [3.05, 3.63) is 58.6 Å². The smallest absolute Gasteiger partial charge is 0.314 e. The first-order valence-electron chi connectivity index (χ1n) is 6.21. The first-order valence-corrected chi connectivity index (χ1v) is 6.59. The molecule has 0 unspecified atom stereocenters. The monoisotopic (exact) mass is 324 g/mol. The molecule has 0 saturated heterocycles. The van der Waals surface area contributed by atoms with Crippen molar-refractivity contribution in [1.82, 2.24) is 0 Å². The lowest BCUT2D eigenvalue weighted by Gasteiger charge is -2.09. The molecule has 0 aromatic heterocycles. The van der Waals surface area contributed by atoms with E-state index in [1.807, 2.05) is 5.32 Å². The van der Waals surface area contributed by atoms with Crippen LogP contribution >= 0.6 is 11.6 Å². The van der Waals surface area contributed by atoms with Crippen LogP contribution in [0.1, 0.15) is 5.56 Å². The van der Waals surface area contributed by atoms with Gasteiger partial charge < -0.3 is 10.6 Å². The van der Waals surface area contributed by atoms with Crippen molar-refractivity contribution in [2.75, 3.05) is 10.6 Å². The average molecular weight is 325 g/mol. The molecule has 2 amide bonds. The lowest BCUT2D eigenvalue weighted by Crippen LogP contribution is -2.29. The number of amides is 2. The van der Waals surface area contributed by atoms with Crippen LogP contribution in [-0.4, -0.2) is 11.8 Å². The summed E-state index contributed by atoms with van der Waals surface area (Å²) in [6, 6.07) is 7.76. The van der Waals surface area contributed by atoms with Gasteiger partial charge in [-0.1, -0.05) is 23.7 Å². The van der Waals surface area contributed by atoms with E-state index in [2.05, 4.69) is 5.32 Å². The van der Waals surface area contributed by atoms with E-state index in [0.29, 0.717) is 10.7 Å². The molecule has 0 aliphatic heterocycles. The van der Waals surface area contributed by atoms with Crippen molar-refractivity contribution in [2.45, 2.75) is 6.92 Å². The number of carbonyl (C=O) groups excluding carboxylic acids is 2. The second-order valence-electron chi connectivity index (χ2n) is 4.47. The topological polar surface area (TPSA) is 58.2 Å². The van der Waals surface area contributed by atoms with E-state index in [4.69, 9.17) is 11.6 Å². The summed E-state index contributed by atoms with van der Waals surface area (Å²) in [5.41, 5.74) is 0.423. The van der Waals surface area contributed by atoms with Crippen molar-refractivity contribution in [3.8, 4) is 0 Å². The highest BCUT2D eigenvalue weighted by atomic mass is 35.5. The van der Waals surface area contributed by atoms with E-state index < -0.39 is 29.1 Å². The van der Waals surface area contributed by atoms with Crippen LogP contribution in [0.3, 0.4) is 0 Å². The molecule has 0 bridgehead atoms. The maximum atomic E-state index is 13.4. The predicted molar refractivity (Wildman–Crippen MR) is 79.8 cm³/mol. The normalized spacial score (nSPS) is 10.2. The fourth-order valence-corrected chi connectivity index (χ4v) is 1.83. The molecule has 2 rings (SSSR count). The van der Waals surface area contributed by atoms with E-state index in [-0.39, 0.29) is 0 Å². The Morgan fingerprint density at radius 1 is 1.00 bits per heavy atom. The third kappa shape index (κ3) is 3.59. The van der Waals surface area contributed by atoms with Gasteiger partial charge >= 0.3 is 11.8 Å². The molecule has 2 aromatic rings. The van der Waals surface area contributed by atoms with Gasteiger partial charge in [0.15, 0.2) is 0 Å². The molecule has 0 fully saturated rings. The average Bonchev–Trinajstić information content (AvgIpc) is 2.46. The van der Waals surface area contributed by atoms with Crippen LogP contribution in [0.25, 0.3) is 0 Å². The molecule has 0 aliphatic rings. The molecular weight excluding hydrogens is 314 g/mol. The Balaban J connectivity index is 2.09. The predicted octanol–water partition coefficient (Wildman–Crippen LogP) is 3.50. The van der Waals surface area contributed by atoms with Gasteiger partial charge in [-0.3, -0.25) is 9.59 Å². The highest BCUT2D eigenvalue weighted by molar-refractivity contribution is 6.43. The van der Waals surface area contributed by atoms with Gasteiger partial charge in [-0.05, 0) is 36.8 Å². The summed E-state index contributed by atoms with van der Waals surface area (Å²) >= 11 is 5.90. The summed E-state index contributed by atoms with van der Waals surface area (Å²) in [5, 5.41) is 4.59. The molecule has 2 aromatic carbocycles. The quantitative estimate of drug-likeness (QED) is 0.831. The number of benzene rings is 2. The number of halogens is 3. The molecule has 0 aliphatic carbocycles. The molecule has 0 spiro atoms. The van der Waals surface area contributed by atoms with E-state index >= 15 is 0 Å². The van der Waals surface area contributed by atoms with Crippen molar-refractivity contribution in [1.29, 1.82) is 0 Å². The van der Waals surface area contributed by atoms with Crippen LogP contribution in [-0.2, 0) is 9.59 Å². The summed E-state index contributed by atoms with van der Waals surface area (Å²) in [7, 11) is 0. The number of nitrogens with one attached hydrogen (secondary N) is 2. The van der Waals surface area contributed by atoms with Crippen LogP contribution in [0.2, 0.25) is 5.02 Å². The first-order chi connectivity index (χ1) is 10.4. The molecule has 7 heteroatoms. The van der Waals surface area contributed by atoms with Gasteiger partial charge in [-0.15, -0.1) is 0 Å². The molecule has 0 radical (unpaired) electrons. The zero-order chi connectivity index (χ0) is 16.3. The van der Waals surface area contributed by atoms with Crippen molar-refractivity contribution >= 4 is 34.8 Å². The summed E-state index contributed by atoms with van der Waals surface area (Å²) in [6.45, 7) is 1.78. The van der Waals surface area contributed by atoms with Gasteiger partial charge in [0.2, 0.25) is 0 Å². The minimum absolute atomic E-state index is 0.296. The molecule has 22 heavy (non-hydrogen) atoms. The number of rotatable bonds is 2. The lowest BCUT2D eigenvalue weighted by molar-refractivity contribution is -0.133. The summed E-state index contributed by atoms with van der Waals surface area (Å²) < 4.78 is 26.8. The van der Waals surface area contributed by atoms with E-state index in [1.165, 1.54) is 6.07 Å². The summed E-state index contributed by atoms with van der Waals surface area (Å²) in [6.07, 6.45) is 0. The van der Waals surface area contributed by atoms with Gasteiger partial charge in [-0.2, -0.15) is 0 Å². The molecule has 114 valence electrons. The molecule has 0 saturated carbocycles. The Kier molecular flexibility index (Phi) is 4.72. The highest BCUT2D eigenvalue weighted by Gasteiger charge is 2.18. The number of para-hydroxylation sites is 1. The highest BCUT2D eigenvalue weighted by Crippen LogP contribution is 2.20. The molecule has 2 N–H and O–H groups in total. The standard InChI is InChI=1S/C15H11ClF2N2O2/c1-8-5-6-9(7-10(8)16)19-14(21)15(22)20-13-11(17)3-2-4-12(13)18/h2-7H,1H3,(H,19,21)(H,20,22). The maximum Gasteiger partial charge on any atom is 0.314 e. The zero-order valence-corrected chi connectivity index (χ0v) is 12.2. The number of aryl methyl sites for hydroxylation is 1. The second-order valence-corrected chi connectivity index (χ2v) is 4.88. The maximum absolute atomic E-state index is 13.4. The van der Waals surface area contributed by atoms with Crippen LogP contribution < -0.4 is 10.6 Å². The Morgan fingerprint density at radius 3 is 2.18 bits per heavy atom. The third-order valence-corrected chi connectivity index (χ3v) is 3.24.